The first-order valence-electron chi connectivity index (χ1n) is 8.30. The molecule has 1 saturated carbocycles. The summed E-state index contributed by atoms with van der Waals surface area (Å²) in [7, 11) is 0. The number of rotatable bonds is 4. The number of thiazole rings is 1. The van der Waals surface area contributed by atoms with Crippen molar-refractivity contribution in [2.45, 2.75) is 19.4 Å². The van der Waals surface area contributed by atoms with Gasteiger partial charge >= 0.3 is 0 Å². The second-order valence-electron chi connectivity index (χ2n) is 6.37. The molecule has 0 radical (unpaired) electrons. The minimum absolute atomic E-state index is 0.342. The summed E-state index contributed by atoms with van der Waals surface area (Å²) < 4.78 is 0. The lowest BCUT2D eigenvalue weighted by atomic mass is 10.2. The molecular weight excluding hydrogens is 306 g/mol. The van der Waals surface area contributed by atoms with Crippen molar-refractivity contribution in [3.63, 3.8) is 0 Å². The van der Waals surface area contributed by atoms with Gasteiger partial charge in [-0.2, -0.15) is 0 Å². The molecule has 5 heteroatoms. The van der Waals surface area contributed by atoms with Crippen LogP contribution in [0.5, 0.6) is 0 Å². The van der Waals surface area contributed by atoms with Gasteiger partial charge in [-0.25, -0.2) is 4.98 Å². The first-order valence-corrected chi connectivity index (χ1v) is 9.18. The summed E-state index contributed by atoms with van der Waals surface area (Å²) in [6.07, 6.45) is 2.20. The zero-order valence-corrected chi connectivity index (χ0v) is 14.0. The Labute approximate surface area is 140 Å². The number of piperazine rings is 1. The van der Waals surface area contributed by atoms with Crippen LogP contribution < -0.4 is 0 Å². The van der Waals surface area contributed by atoms with Crippen LogP contribution in [0.1, 0.15) is 17.8 Å². The molecule has 23 heavy (non-hydrogen) atoms. The van der Waals surface area contributed by atoms with Crippen molar-refractivity contribution in [3.05, 3.63) is 40.7 Å². The standard InChI is InChI=1S/C18H21N3OS/c22-18(15-6-7-15)21-10-8-20(9-11-21)12-17-19-16(13-23-17)14-4-2-1-3-5-14/h1-5,13,15H,6-12H2. The van der Waals surface area contributed by atoms with E-state index in [1.165, 1.54) is 5.56 Å². The molecule has 2 aliphatic rings. The Bertz CT molecular complexity index is 673. The molecule has 4 nitrogen and oxygen atoms in total. The maximum absolute atomic E-state index is 12.1. The number of carbonyl (C=O) groups excluding carboxylic acids is 1. The van der Waals surface area contributed by atoms with Gasteiger partial charge in [-0.1, -0.05) is 30.3 Å². The molecule has 2 heterocycles. The summed E-state index contributed by atoms with van der Waals surface area (Å²) in [6, 6.07) is 10.3. The molecular formula is C18H21N3OS. The van der Waals surface area contributed by atoms with Crippen LogP contribution in [0.25, 0.3) is 11.3 Å². The maximum atomic E-state index is 12.1. The van der Waals surface area contributed by atoms with E-state index in [4.69, 9.17) is 4.98 Å². The Morgan fingerprint density at radius 3 is 2.57 bits per heavy atom. The molecule has 2 aromatic rings. The van der Waals surface area contributed by atoms with E-state index in [0.717, 1.165) is 56.3 Å². The zero-order valence-electron chi connectivity index (χ0n) is 13.1. The highest BCUT2D eigenvalue weighted by molar-refractivity contribution is 7.09. The SMILES string of the molecule is O=C(C1CC1)N1CCN(Cc2nc(-c3ccccc3)cs2)CC1. The highest BCUT2D eigenvalue weighted by Gasteiger charge is 2.34. The summed E-state index contributed by atoms with van der Waals surface area (Å²) in [5, 5.41) is 3.29. The Morgan fingerprint density at radius 2 is 1.87 bits per heavy atom. The number of carbonyl (C=O) groups is 1. The second kappa shape index (κ2) is 6.42. The molecule has 0 bridgehead atoms. The van der Waals surface area contributed by atoms with Crippen molar-refractivity contribution in [1.29, 1.82) is 0 Å². The fourth-order valence-electron chi connectivity index (χ4n) is 3.03. The van der Waals surface area contributed by atoms with Gasteiger partial charge in [-0.15, -0.1) is 11.3 Å². The van der Waals surface area contributed by atoms with Crippen LogP contribution in [0, 0.1) is 5.92 Å². The van der Waals surface area contributed by atoms with Crippen LogP contribution >= 0.6 is 11.3 Å². The third kappa shape index (κ3) is 3.46. The molecule has 0 atom stereocenters. The first kappa shape index (κ1) is 14.8. The smallest absolute Gasteiger partial charge is 0.225 e. The highest BCUT2D eigenvalue weighted by atomic mass is 32.1. The van der Waals surface area contributed by atoms with Crippen molar-refractivity contribution in [2.75, 3.05) is 26.2 Å². The van der Waals surface area contributed by atoms with Gasteiger partial charge in [-0.05, 0) is 12.8 Å². The van der Waals surface area contributed by atoms with Gasteiger partial charge < -0.3 is 4.90 Å². The topological polar surface area (TPSA) is 36.4 Å². The third-order valence-corrected chi connectivity index (χ3v) is 5.42. The average molecular weight is 327 g/mol. The normalized spacial score (nSPS) is 19.0. The van der Waals surface area contributed by atoms with Crippen LogP contribution in [0.15, 0.2) is 35.7 Å². The average Bonchev–Trinajstić information content (AvgIpc) is 3.35. The summed E-state index contributed by atoms with van der Waals surface area (Å²) in [6.45, 7) is 4.54. The van der Waals surface area contributed by atoms with Crippen LogP contribution in [0.4, 0.5) is 0 Å². The van der Waals surface area contributed by atoms with Crippen molar-refractivity contribution >= 4 is 17.2 Å². The molecule has 1 aliphatic carbocycles. The van der Waals surface area contributed by atoms with Gasteiger partial charge in [0, 0.05) is 43.0 Å². The Morgan fingerprint density at radius 1 is 1.13 bits per heavy atom. The summed E-state index contributed by atoms with van der Waals surface area (Å²) in [4.78, 5) is 21.3. The molecule has 1 saturated heterocycles. The van der Waals surface area contributed by atoms with E-state index in [-0.39, 0.29) is 0 Å². The predicted octanol–water partition coefficient (Wildman–Crippen LogP) is 2.86. The number of nitrogens with zero attached hydrogens (tertiary/aromatic N) is 3. The van der Waals surface area contributed by atoms with E-state index in [1.807, 2.05) is 23.1 Å². The van der Waals surface area contributed by atoms with E-state index in [9.17, 15) is 4.79 Å². The molecule has 0 unspecified atom stereocenters. The molecule has 0 N–H and O–H groups in total. The van der Waals surface area contributed by atoms with Gasteiger partial charge in [0.1, 0.15) is 5.01 Å². The quantitative estimate of drug-likeness (QED) is 0.866. The molecule has 4 rings (SSSR count). The summed E-state index contributed by atoms with van der Waals surface area (Å²) in [5.41, 5.74) is 2.24. The minimum atomic E-state index is 0.342. The van der Waals surface area contributed by atoms with Crippen LogP contribution in [0.3, 0.4) is 0 Å². The third-order valence-electron chi connectivity index (χ3n) is 4.59. The first-order chi connectivity index (χ1) is 11.3. The lowest BCUT2D eigenvalue weighted by molar-refractivity contribution is -0.134. The fraction of sp³-hybridized carbons (Fsp3) is 0.444. The largest absolute Gasteiger partial charge is 0.340 e. The molecule has 0 spiro atoms. The molecule has 1 amide bonds. The molecule has 1 aromatic heterocycles. The van der Waals surface area contributed by atoms with Gasteiger partial charge in [0.2, 0.25) is 5.91 Å². The fourth-order valence-corrected chi connectivity index (χ4v) is 3.88. The molecule has 1 aliphatic heterocycles. The van der Waals surface area contributed by atoms with Gasteiger partial charge in [0.25, 0.3) is 0 Å². The van der Waals surface area contributed by atoms with Crippen molar-refractivity contribution in [2.24, 2.45) is 5.92 Å². The van der Waals surface area contributed by atoms with E-state index in [1.54, 1.807) is 11.3 Å². The van der Waals surface area contributed by atoms with Crippen LogP contribution in [-0.4, -0.2) is 46.9 Å². The van der Waals surface area contributed by atoms with Gasteiger partial charge in [0.15, 0.2) is 0 Å². The number of hydrogen-bond acceptors (Lipinski definition) is 4. The number of aromatic nitrogens is 1. The second-order valence-corrected chi connectivity index (χ2v) is 7.31. The van der Waals surface area contributed by atoms with Crippen molar-refractivity contribution in [1.82, 2.24) is 14.8 Å². The highest BCUT2D eigenvalue weighted by Crippen LogP contribution is 2.31. The van der Waals surface area contributed by atoms with E-state index < -0.39 is 0 Å². The minimum Gasteiger partial charge on any atom is -0.340 e. The Balaban J connectivity index is 1.33. The molecule has 2 fully saturated rings. The van der Waals surface area contributed by atoms with E-state index in [2.05, 4.69) is 22.4 Å². The lowest BCUT2D eigenvalue weighted by Gasteiger charge is -2.34. The van der Waals surface area contributed by atoms with Crippen LogP contribution in [0.2, 0.25) is 0 Å². The van der Waals surface area contributed by atoms with Gasteiger partial charge in [-0.3, -0.25) is 9.69 Å². The molecule has 1 aromatic carbocycles. The van der Waals surface area contributed by atoms with Gasteiger partial charge in [0.05, 0.1) is 12.2 Å². The number of benzene rings is 1. The molecule has 120 valence electrons. The van der Waals surface area contributed by atoms with E-state index >= 15 is 0 Å². The number of hydrogen-bond donors (Lipinski definition) is 0. The zero-order chi connectivity index (χ0) is 15.6. The maximum Gasteiger partial charge on any atom is 0.225 e. The monoisotopic (exact) mass is 327 g/mol. The van der Waals surface area contributed by atoms with E-state index in [0.29, 0.717) is 11.8 Å². The summed E-state index contributed by atoms with van der Waals surface area (Å²) >= 11 is 1.73. The van der Waals surface area contributed by atoms with Crippen molar-refractivity contribution in [3.8, 4) is 11.3 Å². The van der Waals surface area contributed by atoms with Crippen LogP contribution in [-0.2, 0) is 11.3 Å². The predicted molar refractivity (Wildman–Crippen MR) is 92.1 cm³/mol. The van der Waals surface area contributed by atoms with Crippen molar-refractivity contribution < 1.29 is 4.79 Å². The Kier molecular flexibility index (Phi) is 4.14. The number of amides is 1. The Hall–Kier alpha value is -1.72. The summed E-state index contributed by atoms with van der Waals surface area (Å²) in [5.74, 6) is 0.721. The lowest BCUT2D eigenvalue weighted by Crippen LogP contribution is -2.48.